The SMILES string of the molecule is CC[C@@H](CO)NC1CCCCC1C(F)(F)F. The first-order valence-electron chi connectivity index (χ1n) is 5.92. The molecule has 1 saturated carbocycles. The summed E-state index contributed by atoms with van der Waals surface area (Å²) in [5, 5.41) is 11.9. The molecule has 1 fully saturated rings. The lowest BCUT2D eigenvalue weighted by Crippen LogP contribution is -2.50. The Balaban J connectivity index is 2.60. The first-order valence-corrected chi connectivity index (χ1v) is 5.92. The van der Waals surface area contributed by atoms with Crippen LogP contribution in [0.5, 0.6) is 0 Å². The first kappa shape index (κ1) is 13.8. The summed E-state index contributed by atoms with van der Waals surface area (Å²) in [5.74, 6) is -1.25. The average molecular weight is 239 g/mol. The summed E-state index contributed by atoms with van der Waals surface area (Å²) >= 11 is 0. The molecule has 0 aromatic heterocycles. The number of alkyl halides is 3. The van der Waals surface area contributed by atoms with E-state index in [-0.39, 0.29) is 19.1 Å². The third-order valence-electron chi connectivity index (χ3n) is 3.35. The Morgan fingerprint density at radius 2 is 1.94 bits per heavy atom. The number of aliphatic hydroxyl groups excluding tert-OH is 1. The van der Waals surface area contributed by atoms with E-state index in [0.29, 0.717) is 19.3 Å². The zero-order chi connectivity index (χ0) is 12.2. The molecule has 2 N–H and O–H groups in total. The van der Waals surface area contributed by atoms with E-state index in [9.17, 15) is 13.2 Å². The number of halogens is 3. The van der Waals surface area contributed by atoms with Gasteiger partial charge in [-0.2, -0.15) is 13.2 Å². The fourth-order valence-corrected chi connectivity index (χ4v) is 2.32. The molecule has 2 nitrogen and oxygen atoms in total. The summed E-state index contributed by atoms with van der Waals surface area (Å²) in [6, 6.07) is -0.737. The van der Waals surface area contributed by atoms with Gasteiger partial charge in [-0.1, -0.05) is 19.8 Å². The highest BCUT2D eigenvalue weighted by molar-refractivity contribution is 4.87. The Labute approximate surface area is 94.2 Å². The standard InChI is InChI=1S/C11H20F3NO/c1-2-8(7-16)15-10-6-4-3-5-9(10)11(12,13)14/h8-10,15-16H,2-7H2,1H3/t8-,9?,10?/m0/s1. The van der Waals surface area contributed by atoms with Crippen molar-refractivity contribution in [1.29, 1.82) is 0 Å². The van der Waals surface area contributed by atoms with Crippen LogP contribution in [0.3, 0.4) is 0 Å². The number of nitrogens with one attached hydrogen (secondary N) is 1. The summed E-state index contributed by atoms with van der Waals surface area (Å²) < 4.78 is 38.2. The molecule has 5 heteroatoms. The topological polar surface area (TPSA) is 32.3 Å². The minimum Gasteiger partial charge on any atom is -0.395 e. The zero-order valence-electron chi connectivity index (χ0n) is 9.56. The molecule has 0 amide bonds. The Morgan fingerprint density at radius 1 is 1.31 bits per heavy atom. The van der Waals surface area contributed by atoms with Crippen molar-refractivity contribution in [3.05, 3.63) is 0 Å². The Hall–Kier alpha value is -0.290. The van der Waals surface area contributed by atoms with Gasteiger partial charge in [0.25, 0.3) is 0 Å². The smallest absolute Gasteiger partial charge is 0.393 e. The molecule has 96 valence electrons. The molecule has 3 atom stereocenters. The summed E-state index contributed by atoms with van der Waals surface area (Å²) in [5.41, 5.74) is 0. The van der Waals surface area contributed by atoms with Gasteiger partial charge in [0.05, 0.1) is 12.5 Å². The summed E-state index contributed by atoms with van der Waals surface area (Å²) in [6.07, 6.45) is -1.21. The van der Waals surface area contributed by atoms with E-state index >= 15 is 0 Å². The average Bonchev–Trinajstić information content (AvgIpc) is 2.25. The molecule has 0 aliphatic heterocycles. The highest BCUT2D eigenvalue weighted by Gasteiger charge is 2.45. The first-order chi connectivity index (χ1) is 7.49. The lowest BCUT2D eigenvalue weighted by atomic mass is 9.83. The summed E-state index contributed by atoms with van der Waals surface area (Å²) in [7, 11) is 0. The monoisotopic (exact) mass is 239 g/mol. The van der Waals surface area contributed by atoms with Gasteiger partial charge in [-0.15, -0.1) is 0 Å². The minimum absolute atomic E-state index is 0.0996. The number of hydrogen-bond donors (Lipinski definition) is 2. The van der Waals surface area contributed by atoms with Gasteiger partial charge < -0.3 is 10.4 Å². The van der Waals surface area contributed by atoms with Crippen molar-refractivity contribution in [1.82, 2.24) is 5.32 Å². The van der Waals surface area contributed by atoms with Gasteiger partial charge in [-0.25, -0.2) is 0 Å². The van der Waals surface area contributed by atoms with Crippen LogP contribution >= 0.6 is 0 Å². The number of rotatable bonds is 4. The highest BCUT2D eigenvalue weighted by Crippen LogP contribution is 2.37. The van der Waals surface area contributed by atoms with Crippen LogP contribution in [0.2, 0.25) is 0 Å². The zero-order valence-corrected chi connectivity index (χ0v) is 9.56. The molecule has 0 radical (unpaired) electrons. The molecular formula is C11H20F3NO. The second-order valence-electron chi connectivity index (χ2n) is 4.49. The van der Waals surface area contributed by atoms with Crippen molar-refractivity contribution in [2.24, 2.45) is 5.92 Å². The van der Waals surface area contributed by atoms with Crippen LogP contribution in [0.25, 0.3) is 0 Å². The van der Waals surface area contributed by atoms with E-state index in [4.69, 9.17) is 5.11 Å². The lowest BCUT2D eigenvalue weighted by Gasteiger charge is -2.35. The van der Waals surface area contributed by atoms with E-state index in [1.54, 1.807) is 0 Å². The lowest BCUT2D eigenvalue weighted by molar-refractivity contribution is -0.189. The predicted octanol–water partition coefficient (Wildman–Crippen LogP) is 2.47. The van der Waals surface area contributed by atoms with E-state index in [2.05, 4.69) is 5.32 Å². The minimum atomic E-state index is -4.12. The van der Waals surface area contributed by atoms with E-state index in [0.717, 1.165) is 6.42 Å². The number of aliphatic hydroxyl groups is 1. The molecule has 0 heterocycles. The van der Waals surface area contributed by atoms with Crippen LogP contribution in [0.4, 0.5) is 13.2 Å². The maximum absolute atomic E-state index is 12.7. The van der Waals surface area contributed by atoms with E-state index < -0.39 is 18.1 Å². The van der Waals surface area contributed by atoms with Gasteiger partial charge in [0.1, 0.15) is 0 Å². The molecule has 1 rings (SSSR count). The molecule has 2 unspecified atom stereocenters. The van der Waals surface area contributed by atoms with Gasteiger partial charge >= 0.3 is 6.18 Å². The van der Waals surface area contributed by atoms with Gasteiger partial charge in [0, 0.05) is 12.1 Å². The summed E-state index contributed by atoms with van der Waals surface area (Å²) in [4.78, 5) is 0. The molecule has 0 aromatic rings. The van der Waals surface area contributed by atoms with Gasteiger partial charge in [0.15, 0.2) is 0 Å². The molecule has 1 aliphatic rings. The van der Waals surface area contributed by atoms with Crippen molar-refractivity contribution in [2.75, 3.05) is 6.61 Å². The summed E-state index contributed by atoms with van der Waals surface area (Å²) in [6.45, 7) is 1.76. The number of hydrogen-bond acceptors (Lipinski definition) is 2. The second-order valence-corrected chi connectivity index (χ2v) is 4.49. The van der Waals surface area contributed by atoms with Crippen LogP contribution in [0.15, 0.2) is 0 Å². The van der Waals surface area contributed by atoms with Crippen molar-refractivity contribution in [2.45, 2.75) is 57.3 Å². The molecule has 0 aromatic carbocycles. The Morgan fingerprint density at radius 3 is 2.44 bits per heavy atom. The van der Waals surface area contributed by atoms with Crippen LogP contribution in [0.1, 0.15) is 39.0 Å². The molecule has 0 bridgehead atoms. The van der Waals surface area contributed by atoms with Gasteiger partial charge in [-0.3, -0.25) is 0 Å². The highest BCUT2D eigenvalue weighted by atomic mass is 19.4. The molecule has 16 heavy (non-hydrogen) atoms. The third-order valence-corrected chi connectivity index (χ3v) is 3.35. The normalized spacial score (nSPS) is 29.1. The van der Waals surface area contributed by atoms with Gasteiger partial charge in [0.2, 0.25) is 0 Å². The maximum atomic E-state index is 12.7. The largest absolute Gasteiger partial charge is 0.395 e. The fourth-order valence-electron chi connectivity index (χ4n) is 2.32. The fraction of sp³-hybridized carbons (Fsp3) is 1.00. The van der Waals surface area contributed by atoms with Crippen LogP contribution in [0, 0.1) is 5.92 Å². The van der Waals surface area contributed by atoms with Crippen molar-refractivity contribution in [3.63, 3.8) is 0 Å². The maximum Gasteiger partial charge on any atom is 0.393 e. The van der Waals surface area contributed by atoms with Gasteiger partial charge in [-0.05, 0) is 19.3 Å². The van der Waals surface area contributed by atoms with Crippen molar-refractivity contribution in [3.8, 4) is 0 Å². The van der Waals surface area contributed by atoms with E-state index in [1.165, 1.54) is 0 Å². The molecule has 1 aliphatic carbocycles. The van der Waals surface area contributed by atoms with Crippen LogP contribution in [-0.4, -0.2) is 30.0 Å². The van der Waals surface area contributed by atoms with Crippen LogP contribution < -0.4 is 5.32 Å². The Bertz CT molecular complexity index is 204. The predicted molar refractivity (Wildman–Crippen MR) is 56.1 cm³/mol. The molecule has 0 spiro atoms. The quantitative estimate of drug-likeness (QED) is 0.790. The second kappa shape index (κ2) is 5.87. The van der Waals surface area contributed by atoms with Crippen molar-refractivity contribution < 1.29 is 18.3 Å². The third kappa shape index (κ3) is 3.63. The van der Waals surface area contributed by atoms with Crippen molar-refractivity contribution >= 4 is 0 Å². The van der Waals surface area contributed by atoms with Crippen LogP contribution in [-0.2, 0) is 0 Å². The Kier molecular flexibility index (Phi) is 5.05. The molecular weight excluding hydrogens is 219 g/mol. The van der Waals surface area contributed by atoms with E-state index in [1.807, 2.05) is 6.92 Å². The molecule has 0 saturated heterocycles.